The highest BCUT2D eigenvalue weighted by molar-refractivity contribution is 6.35. The number of rotatable bonds is 3. The third-order valence-corrected chi connectivity index (χ3v) is 6.15. The number of carbonyl (C=O) groups excluding carboxylic acids is 1. The summed E-state index contributed by atoms with van der Waals surface area (Å²) in [6.07, 6.45) is 8.49. The predicted molar refractivity (Wildman–Crippen MR) is 115 cm³/mol. The summed E-state index contributed by atoms with van der Waals surface area (Å²) >= 11 is 13.0. The fourth-order valence-corrected chi connectivity index (χ4v) is 4.56. The van der Waals surface area contributed by atoms with Crippen molar-refractivity contribution in [3.63, 3.8) is 0 Å². The predicted octanol–water partition coefficient (Wildman–Crippen LogP) is 4.45. The first-order valence-electron chi connectivity index (χ1n) is 9.57. The molecule has 0 unspecified atom stereocenters. The molecule has 9 heteroatoms. The molecule has 152 valence electrons. The van der Waals surface area contributed by atoms with E-state index in [4.69, 9.17) is 28.9 Å². The Labute approximate surface area is 178 Å². The van der Waals surface area contributed by atoms with Gasteiger partial charge in [-0.05, 0) is 30.4 Å². The largest absolute Gasteiger partial charge is 0.382 e. The van der Waals surface area contributed by atoms with E-state index in [9.17, 15) is 4.79 Å². The Morgan fingerprint density at radius 3 is 2.59 bits per heavy atom. The molecule has 0 saturated heterocycles. The van der Waals surface area contributed by atoms with Crippen LogP contribution in [-0.2, 0) is 0 Å². The highest BCUT2D eigenvalue weighted by atomic mass is 35.5. The number of benzene rings is 1. The SMILES string of the molecule is CN(C)C(=O)c1c(Cl)cc2c(ncn2-c2ncnc(N)c2Cl)c1C1CCCCC1. The van der Waals surface area contributed by atoms with Gasteiger partial charge >= 0.3 is 0 Å². The first kappa shape index (κ1) is 19.9. The minimum atomic E-state index is -0.115. The topological polar surface area (TPSA) is 89.9 Å². The Kier molecular flexibility index (Phi) is 5.36. The van der Waals surface area contributed by atoms with Crippen molar-refractivity contribution in [1.29, 1.82) is 0 Å². The lowest BCUT2D eigenvalue weighted by Crippen LogP contribution is -2.25. The second-order valence-electron chi connectivity index (χ2n) is 7.56. The Hall–Kier alpha value is -2.38. The number of hydrogen-bond donors (Lipinski definition) is 1. The number of anilines is 1. The monoisotopic (exact) mass is 432 g/mol. The maximum Gasteiger partial charge on any atom is 0.255 e. The van der Waals surface area contributed by atoms with Crippen molar-refractivity contribution >= 4 is 46.0 Å². The summed E-state index contributed by atoms with van der Waals surface area (Å²) in [6.45, 7) is 0. The third kappa shape index (κ3) is 3.42. The van der Waals surface area contributed by atoms with Gasteiger partial charge in [-0.3, -0.25) is 9.36 Å². The summed E-state index contributed by atoms with van der Waals surface area (Å²) in [7, 11) is 3.46. The number of hydrogen-bond acceptors (Lipinski definition) is 5. The Morgan fingerprint density at radius 1 is 1.17 bits per heavy atom. The highest BCUT2D eigenvalue weighted by Gasteiger charge is 2.29. The quantitative estimate of drug-likeness (QED) is 0.659. The van der Waals surface area contributed by atoms with Crippen LogP contribution in [0.5, 0.6) is 0 Å². The molecule has 0 atom stereocenters. The van der Waals surface area contributed by atoms with Crippen molar-refractivity contribution in [3.05, 3.63) is 39.9 Å². The molecule has 1 aliphatic rings. The molecule has 29 heavy (non-hydrogen) atoms. The average Bonchev–Trinajstić information content (AvgIpc) is 3.12. The summed E-state index contributed by atoms with van der Waals surface area (Å²) in [5.74, 6) is 0.741. The number of nitrogen functional groups attached to an aromatic ring is 1. The maximum absolute atomic E-state index is 13.0. The number of fused-ring (bicyclic) bond motifs is 1. The van der Waals surface area contributed by atoms with E-state index in [-0.39, 0.29) is 22.7 Å². The van der Waals surface area contributed by atoms with E-state index >= 15 is 0 Å². The van der Waals surface area contributed by atoms with E-state index in [1.807, 2.05) is 0 Å². The number of carbonyl (C=O) groups is 1. The molecule has 2 N–H and O–H groups in total. The summed E-state index contributed by atoms with van der Waals surface area (Å²) in [6, 6.07) is 1.75. The molecule has 0 spiro atoms. The number of nitrogens with two attached hydrogens (primary N) is 1. The Bertz CT molecular complexity index is 1090. The van der Waals surface area contributed by atoms with Crippen molar-refractivity contribution in [2.24, 2.45) is 0 Å². The standard InChI is InChI=1S/C20H22Cl2N6O/c1-27(2)20(29)15-12(21)8-13-17(14(15)11-6-4-3-5-7-11)26-10-28(13)19-16(22)18(23)24-9-25-19/h8-11H,3-7H2,1-2H3,(H2,23,24,25). The molecular weight excluding hydrogens is 411 g/mol. The molecule has 1 saturated carbocycles. The van der Waals surface area contributed by atoms with Gasteiger partial charge < -0.3 is 10.6 Å². The van der Waals surface area contributed by atoms with Crippen LogP contribution in [0.3, 0.4) is 0 Å². The van der Waals surface area contributed by atoms with Gasteiger partial charge in [-0.25, -0.2) is 15.0 Å². The van der Waals surface area contributed by atoms with E-state index in [1.54, 1.807) is 36.0 Å². The molecule has 1 aliphatic carbocycles. The van der Waals surface area contributed by atoms with Gasteiger partial charge in [-0.1, -0.05) is 42.5 Å². The van der Waals surface area contributed by atoms with Crippen molar-refractivity contribution in [2.75, 3.05) is 19.8 Å². The van der Waals surface area contributed by atoms with Crippen LogP contribution in [0.2, 0.25) is 10.0 Å². The summed E-state index contributed by atoms with van der Waals surface area (Å²) in [4.78, 5) is 27.4. The van der Waals surface area contributed by atoms with Gasteiger partial charge in [0, 0.05) is 14.1 Å². The third-order valence-electron chi connectivity index (χ3n) is 5.49. The van der Waals surface area contributed by atoms with Crippen molar-refractivity contribution in [1.82, 2.24) is 24.4 Å². The van der Waals surface area contributed by atoms with E-state index in [0.29, 0.717) is 16.4 Å². The lowest BCUT2D eigenvalue weighted by atomic mass is 9.81. The fourth-order valence-electron chi connectivity index (χ4n) is 4.08. The maximum atomic E-state index is 13.0. The smallest absolute Gasteiger partial charge is 0.255 e. The summed E-state index contributed by atoms with van der Waals surface area (Å²) in [5.41, 5.74) is 8.80. The first-order valence-corrected chi connectivity index (χ1v) is 10.3. The zero-order valence-electron chi connectivity index (χ0n) is 16.3. The van der Waals surface area contributed by atoms with Crippen LogP contribution in [0, 0.1) is 0 Å². The normalized spacial score (nSPS) is 15.0. The average molecular weight is 433 g/mol. The number of imidazole rings is 1. The second kappa shape index (κ2) is 7.80. The summed E-state index contributed by atoms with van der Waals surface area (Å²) in [5, 5.41) is 0.646. The molecular formula is C20H22Cl2N6O. The lowest BCUT2D eigenvalue weighted by molar-refractivity contribution is 0.0826. The second-order valence-corrected chi connectivity index (χ2v) is 8.35. The van der Waals surface area contributed by atoms with Gasteiger partial charge in [0.1, 0.15) is 23.5 Å². The van der Waals surface area contributed by atoms with Crippen LogP contribution in [-0.4, -0.2) is 44.4 Å². The van der Waals surface area contributed by atoms with Crippen molar-refractivity contribution in [3.8, 4) is 5.82 Å². The van der Waals surface area contributed by atoms with E-state index in [0.717, 1.165) is 42.3 Å². The van der Waals surface area contributed by atoms with Gasteiger partial charge in [0.05, 0.1) is 21.6 Å². The van der Waals surface area contributed by atoms with Crippen LogP contribution in [0.25, 0.3) is 16.9 Å². The molecule has 2 aromatic heterocycles. The molecule has 1 fully saturated rings. The summed E-state index contributed by atoms with van der Waals surface area (Å²) < 4.78 is 1.75. The van der Waals surface area contributed by atoms with Crippen molar-refractivity contribution in [2.45, 2.75) is 38.0 Å². The molecule has 3 aromatic rings. The Morgan fingerprint density at radius 2 is 1.90 bits per heavy atom. The van der Waals surface area contributed by atoms with Gasteiger partial charge in [0.2, 0.25) is 0 Å². The molecule has 1 aromatic carbocycles. The molecule has 0 radical (unpaired) electrons. The van der Waals surface area contributed by atoms with Crippen LogP contribution < -0.4 is 5.73 Å². The zero-order chi connectivity index (χ0) is 20.7. The van der Waals surface area contributed by atoms with Gasteiger partial charge in [-0.15, -0.1) is 0 Å². The minimum Gasteiger partial charge on any atom is -0.382 e. The van der Waals surface area contributed by atoms with Gasteiger partial charge in [0.25, 0.3) is 5.91 Å². The van der Waals surface area contributed by atoms with Crippen LogP contribution in [0.1, 0.15) is 53.9 Å². The van der Waals surface area contributed by atoms with Gasteiger partial charge in [0.15, 0.2) is 5.82 Å². The highest BCUT2D eigenvalue weighted by Crippen LogP contribution is 2.41. The van der Waals surface area contributed by atoms with Gasteiger partial charge in [-0.2, -0.15) is 0 Å². The minimum absolute atomic E-state index is 0.115. The molecule has 2 heterocycles. The number of halogens is 2. The van der Waals surface area contributed by atoms with Crippen LogP contribution >= 0.6 is 23.2 Å². The van der Waals surface area contributed by atoms with E-state index < -0.39 is 0 Å². The Balaban J connectivity index is 2.00. The first-order chi connectivity index (χ1) is 13.9. The van der Waals surface area contributed by atoms with E-state index in [1.165, 1.54) is 12.7 Å². The molecule has 0 bridgehead atoms. The fraction of sp³-hybridized carbons (Fsp3) is 0.400. The van der Waals surface area contributed by atoms with E-state index in [2.05, 4.69) is 15.0 Å². The molecule has 4 rings (SSSR count). The number of aromatic nitrogens is 4. The molecule has 0 aliphatic heterocycles. The van der Waals surface area contributed by atoms with Crippen LogP contribution in [0.15, 0.2) is 18.7 Å². The number of amides is 1. The van der Waals surface area contributed by atoms with Crippen LogP contribution in [0.4, 0.5) is 5.82 Å². The number of nitrogens with zero attached hydrogens (tertiary/aromatic N) is 5. The zero-order valence-corrected chi connectivity index (χ0v) is 17.8. The lowest BCUT2D eigenvalue weighted by Gasteiger charge is -2.26. The van der Waals surface area contributed by atoms with Crippen molar-refractivity contribution < 1.29 is 4.79 Å². The molecule has 1 amide bonds. The molecule has 7 nitrogen and oxygen atoms in total.